The summed E-state index contributed by atoms with van der Waals surface area (Å²) in [5.41, 5.74) is 1.55. The van der Waals surface area contributed by atoms with Gasteiger partial charge in [0, 0.05) is 23.5 Å². The molecule has 3 aromatic carbocycles. The average Bonchev–Trinajstić information content (AvgIpc) is 2.74. The Balaban J connectivity index is 1.43. The first-order chi connectivity index (χ1) is 14.9. The molecule has 31 heavy (non-hydrogen) atoms. The van der Waals surface area contributed by atoms with E-state index in [9.17, 15) is 14.4 Å². The molecule has 0 saturated heterocycles. The number of ether oxygens (including phenoxy) is 1. The van der Waals surface area contributed by atoms with Gasteiger partial charge in [-0.15, -0.1) is 0 Å². The van der Waals surface area contributed by atoms with Crippen molar-refractivity contribution >= 4 is 35.0 Å². The number of urea groups is 1. The van der Waals surface area contributed by atoms with Crippen LogP contribution in [0.3, 0.4) is 0 Å². The summed E-state index contributed by atoms with van der Waals surface area (Å²) < 4.78 is 5.46. The van der Waals surface area contributed by atoms with Crippen LogP contribution in [-0.2, 0) is 16.0 Å². The summed E-state index contributed by atoms with van der Waals surface area (Å²) in [4.78, 5) is 37.5. The standard InChI is InChI=1S/C24H21N3O4/c1-24(15-16-8-5-6-13-20(16)21(28)31-24)22(29)25-18-11-7-12-19(14-18)27-23(30)26-17-9-3-2-4-10-17/h2-14H,15H2,1H3,(H,25,29)(H2,26,27,30). The van der Waals surface area contributed by atoms with Crippen LogP contribution in [0.1, 0.15) is 22.8 Å². The largest absolute Gasteiger partial charge is 0.445 e. The highest BCUT2D eigenvalue weighted by molar-refractivity contribution is 6.03. The Bertz CT molecular complexity index is 1150. The third-order valence-corrected chi connectivity index (χ3v) is 4.97. The lowest BCUT2D eigenvalue weighted by Crippen LogP contribution is -2.48. The van der Waals surface area contributed by atoms with Crippen molar-refractivity contribution in [2.45, 2.75) is 18.9 Å². The van der Waals surface area contributed by atoms with Gasteiger partial charge in [0.2, 0.25) is 0 Å². The molecule has 4 rings (SSSR count). The maximum atomic E-state index is 12.9. The van der Waals surface area contributed by atoms with Gasteiger partial charge in [0.15, 0.2) is 5.60 Å². The molecule has 3 aromatic rings. The van der Waals surface area contributed by atoms with Gasteiger partial charge in [-0.2, -0.15) is 0 Å². The Morgan fingerprint density at radius 2 is 1.42 bits per heavy atom. The second-order valence-electron chi connectivity index (χ2n) is 7.43. The highest BCUT2D eigenvalue weighted by atomic mass is 16.6. The summed E-state index contributed by atoms with van der Waals surface area (Å²) >= 11 is 0. The quantitative estimate of drug-likeness (QED) is 0.549. The summed E-state index contributed by atoms with van der Waals surface area (Å²) in [6.45, 7) is 1.59. The molecular formula is C24H21N3O4. The Kier molecular flexibility index (Phi) is 5.41. The van der Waals surface area contributed by atoms with E-state index >= 15 is 0 Å². The minimum Gasteiger partial charge on any atom is -0.445 e. The van der Waals surface area contributed by atoms with Crippen LogP contribution in [0.2, 0.25) is 0 Å². The Hall–Kier alpha value is -4.13. The van der Waals surface area contributed by atoms with E-state index in [0.29, 0.717) is 22.6 Å². The van der Waals surface area contributed by atoms with Crippen molar-refractivity contribution in [3.8, 4) is 0 Å². The van der Waals surface area contributed by atoms with Crippen LogP contribution in [0.5, 0.6) is 0 Å². The third-order valence-electron chi connectivity index (χ3n) is 4.97. The second-order valence-corrected chi connectivity index (χ2v) is 7.43. The fourth-order valence-electron chi connectivity index (χ4n) is 3.41. The summed E-state index contributed by atoms with van der Waals surface area (Å²) in [6.07, 6.45) is 0.276. The fourth-order valence-corrected chi connectivity index (χ4v) is 3.41. The monoisotopic (exact) mass is 415 g/mol. The molecule has 0 aromatic heterocycles. The van der Waals surface area contributed by atoms with Crippen molar-refractivity contribution < 1.29 is 19.1 Å². The lowest BCUT2D eigenvalue weighted by atomic mass is 9.89. The van der Waals surface area contributed by atoms with Crippen LogP contribution in [-0.4, -0.2) is 23.5 Å². The van der Waals surface area contributed by atoms with Crippen LogP contribution >= 0.6 is 0 Å². The zero-order valence-electron chi connectivity index (χ0n) is 16.8. The molecule has 0 radical (unpaired) electrons. The summed E-state index contributed by atoms with van der Waals surface area (Å²) in [7, 11) is 0. The number of amides is 3. The van der Waals surface area contributed by atoms with Crippen molar-refractivity contribution in [3.05, 3.63) is 90.0 Å². The number of rotatable bonds is 4. The molecule has 1 heterocycles. The number of carbonyl (C=O) groups excluding carboxylic acids is 3. The van der Waals surface area contributed by atoms with Crippen molar-refractivity contribution in [1.29, 1.82) is 0 Å². The van der Waals surface area contributed by atoms with E-state index in [-0.39, 0.29) is 6.42 Å². The molecule has 0 bridgehead atoms. The molecule has 0 fully saturated rings. The molecule has 0 saturated carbocycles. The van der Waals surface area contributed by atoms with E-state index < -0.39 is 23.5 Å². The lowest BCUT2D eigenvalue weighted by Gasteiger charge is -2.33. The van der Waals surface area contributed by atoms with E-state index in [1.165, 1.54) is 0 Å². The number of hydrogen-bond acceptors (Lipinski definition) is 4. The lowest BCUT2D eigenvalue weighted by molar-refractivity contribution is -0.134. The second kappa shape index (κ2) is 8.31. The Morgan fingerprint density at radius 3 is 2.19 bits per heavy atom. The predicted molar refractivity (Wildman–Crippen MR) is 118 cm³/mol. The van der Waals surface area contributed by atoms with Crippen LogP contribution in [0.4, 0.5) is 21.9 Å². The molecule has 7 nitrogen and oxygen atoms in total. The molecule has 1 aliphatic rings. The molecule has 0 aliphatic carbocycles. The molecule has 7 heteroatoms. The highest BCUT2D eigenvalue weighted by Gasteiger charge is 2.42. The average molecular weight is 415 g/mol. The van der Waals surface area contributed by atoms with Gasteiger partial charge < -0.3 is 20.7 Å². The van der Waals surface area contributed by atoms with Gasteiger partial charge >= 0.3 is 12.0 Å². The van der Waals surface area contributed by atoms with E-state index in [4.69, 9.17) is 4.74 Å². The molecule has 3 N–H and O–H groups in total. The molecular weight excluding hydrogens is 394 g/mol. The van der Waals surface area contributed by atoms with Gasteiger partial charge in [0.1, 0.15) is 0 Å². The van der Waals surface area contributed by atoms with E-state index in [1.807, 2.05) is 30.3 Å². The molecule has 0 spiro atoms. The van der Waals surface area contributed by atoms with Crippen molar-refractivity contribution in [2.24, 2.45) is 0 Å². The Morgan fingerprint density at radius 1 is 0.806 bits per heavy atom. The number of benzene rings is 3. The van der Waals surface area contributed by atoms with Gasteiger partial charge in [0.25, 0.3) is 5.91 Å². The minimum atomic E-state index is -1.33. The van der Waals surface area contributed by atoms with Gasteiger partial charge in [0.05, 0.1) is 5.56 Å². The fraction of sp³-hybridized carbons (Fsp3) is 0.125. The zero-order chi connectivity index (χ0) is 21.8. The number of anilines is 3. The predicted octanol–water partition coefficient (Wildman–Crippen LogP) is 4.44. The first kappa shape index (κ1) is 20.2. The molecule has 1 unspecified atom stereocenters. The van der Waals surface area contributed by atoms with Crippen LogP contribution in [0, 0.1) is 0 Å². The topological polar surface area (TPSA) is 96.5 Å². The molecule has 1 aliphatic heterocycles. The maximum absolute atomic E-state index is 12.9. The van der Waals surface area contributed by atoms with E-state index in [1.54, 1.807) is 55.5 Å². The van der Waals surface area contributed by atoms with Gasteiger partial charge in [-0.05, 0) is 48.9 Å². The number of cyclic esters (lactones) is 1. The third kappa shape index (κ3) is 4.56. The molecule has 156 valence electrons. The van der Waals surface area contributed by atoms with Gasteiger partial charge in [-0.25, -0.2) is 9.59 Å². The first-order valence-corrected chi connectivity index (χ1v) is 9.79. The van der Waals surface area contributed by atoms with E-state index in [2.05, 4.69) is 16.0 Å². The number of fused-ring (bicyclic) bond motifs is 1. The van der Waals surface area contributed by atoms with Crippen molar-refractivity contribution in [1.82, 2.24) is 0 Å². The van der Waals surface area contributed by atoms with E-state index in [0.717, 1.165) is 5.56 Å². The van der Waals surface area contributed by atoms with Crippen LogP contribution in [0.25, 0.3) is 0 Å². The van der Waals surface area contributed by atoms with Gasteiger partial charge in [-0.3, -0.25) is 4.79 Å². The molecule has 3 amide bonds. The zero-order valence-corrected chi connectivity index (χ0v) is 16.8. The number of carbonyl (C=O) groups is 3. The SMILES string of the molecule is CC1(C(=O)Nc2cccc(NC(=O)Nc3ccccc3)c2)Cc2ccccc2C(=O)O1. The number of nitrogens with one attached hydrogen (secondary N) is 3. The van der Waals surface area contributed by atoms with Crippen molar-refractivity contribution in [3.63, 3.8) is 0 Å². The van der Waals surface area contributed by atoms with Gasteiger partial charge in [-0.1, -0.05) is 42.5 Å². The number of para-hydroxylation sites is 1. The summed E-state index contributed by atoms with van der Waals surface area (Å²) in [5, 5.41) is 8.23. The highest BCUT2D eigenvalue weighted by Crippen LogP contribution is 2.29. The first-order valence-electron chi connectivity index (χ1n) is 9.79. The maximum Gasteiger partial charge on any atom is 0.339 e. The van der Waals surface area contributed by atoms with Crippen molar-refractivity contribution in [2.75, 3.05) is 16.0 Å². The Labute approximate surface area is 179 Å². The number of esters is 1. The van der Waals surface area contributed by atoms with Crippen LogP contribution < -0.4 is 16.0 Å². The molecule has 1 atom stereocenters. The minimum absolute atomic E-state index is 0.276. The number of hydrogen-bond donors (Lipinski definition) is 3. The van der Waals surface area contributed by atoms with Crippen LogP contribution in [0.15, 0.2) is 78.9 Å². The normalized spacial score (nSPS) is 17.1. The smallest absolute Gasteiger partial charge is 0.339 e. The summed E-state index contributed by atoms with van der Waals surface area (Å²) in [5.74, 6) is -0.964. The summed E-state index contributed by atoms with van der Waals surface area (Å²) in [6, 6.07) is 22.5.